The lowest BCUT2D eigenvalue weighted by atomic mass is 10.2. The van der Waals surface area contributed by atoms with Crippen molar-refractivity contribution in [3.8, 4) is 0 Å². The minimum absolute atomic E-state index is 0.183. The van der Waals surface area contributed by atoms with E-state index in [1.54, 1.807) is 0 Å². The van der Waals surface area contributed by atoms with Gasteiger partial charge in [-0.05, 0) is 19.1 Å². The van der Waals surface area contributed by atoms with E-state index < -0.39 is 28.6 Å². The highest BCUT2D eigenvalue weighted by atomic mass is 32.2. The van der Waals surface area contributed by atoms with E-state index in [0.29, 0.717) is 5.56 Å². The largest absolute Gasteiger partial charge is 0.480 e. The van der Waals surface area contributed by atoms with Gasteiger partial charge in [-0.2, -0.15) is 4.72 Å². The van der Waals surface area contributed by atoms with Crippen molar-refractivity contribution in [2.45, 2.75) is 17.9 Å². The number of rotatable bonds is 6. The SMILES string of the molecule is CC(=O)c1ccc(S(=O)(=O)N[C@@H](CO)C(=O)O)cc1. The Balaban J connectivity index is 3.00. The van der Waals surface area contributed by atoms with Crippen molar-refractivity contribution in [3.05, 3.63) is 29.8 Å². The number of aliphatic carboxylic acids is 1. The number of hydrogen-bond acceptors (Lipinski definition) is 5. The Hall–Kier alpha value is -1.77. The number of hydrogen-bond donors (Lipinski definition) is 3. The van der Waals surface area contributed by atoms with Crippen LogP contribution in [0.5, 0.6) is 0 Å². The number of nitrogens with one attached hydrogen (secondary N) is 1. The van der Waals surface area contributed by atoms with Crippen LogP contribution in [0, 0.1) is 0 Å². The predicted octanol–water partition coefficient (Wildman–Crippen LogP) is -0.387. The molecule has 3 N–H and O–H groups in total. The average Bonchev–Trinajstić information content (AvgIpc) is 2.35. The fourth-order valence-electron chi connectivity index (χ4n) is 1.29. The maximum atomic E-state index is 11.8. The molecule has 104 valence electrons. The molecule has 0 bridgehead atoms. The zero-order chi connectivity index (χ0) is 14.6. The molecule has 1 atom stereocenters. The zero-order valence-electron chi connectivity index (χ0n) is 10.0. The second-order valence-corrected chi connectivity index (χ2v) is 5.49. The molecule has 1 aromatic rings. The molecule has 0 saturated carbocycles. The van der Waals surface area contributed by atoms with E-state index in [2.05, 4.69) is 0 Å². The van der Waals surface area contributed by atoms with Crippen LogP contribution in [0.15, 0.2) is 29.2 Å². The summed E-state index contributed by atoms with van der Waals surface area (Å²) in [7, 11) is -4.06. The second-order valence-electron chi connectivity index (χ2n) is 3.78. The Bertz CT molecular complexity index is 578. The molecule has 0 aliphatic carbocycles. The van der Waals surface area contributed by atoms with Gasteiger partial charge in [0.2, 0.25) is 10.0 Å². The van der Waals surface area contributed by atoms with Gasteiger partial charge < -0.3 is 10.2 Å². The van der Waals surface area contributed by atoms with Crippen molar-refractivity contribution >= 4 is 21.8 Å². The maximum absolute atomic E-state index is 11.8. The van der Waals surface area contributed by atoms with E-state index in [0.717, 1.165) is 0 Å². The third-order valence-electron chi connectivity index (χ3n) is 2.35. The summed E-state index contributed by atoms with van der Waals surface area (Å²) in [5, 5.41) is 17.4. The Morgan fingerprint density at radius 1 is 1.26 bits per heavy atom. The van der Waals surface area contributed by atoms with E-state index in [-0.39, 0.29) is 10.7 Å². The number of carboxylic acid groups (broad SMARTS) is 1. The predicted molar refractivity (Wildman–Crippen MR) is 65.3 cm³/mol. The number of aliphatic hydroxyl groups is 1. The molecule has 1 aromatic carbocycles. The highest BCUT2D eigenvalue weighted by Gasteiger charge is 2.24. The minimum Gasteiger partial charge on any atom is -0.480 e. The van der Waals surface area contributed by atoms with Crippen molar-refractivity contribution in [2.24, 2.45) is 0 Å². The van der Waals surface area contributed by atoms with Crippen LogP contribution in [-0.4, -0.2) is 43.0 Å². The van der Waals surface area contributed by atoms with Crippen LogP contribution < -0.4 is 4.72 Å². The van der Waals surface area contributed by atoms with E-state index in [1.807, 2.05) is 4.72 Å². The summed E-state index contributed by atoms with van der Waals surface area (Å²) in [4.78, 5) is 21.5. The lowest BCUT2D eigenvalue weighted by Gasteiger charge is -2.12. The number of carbonyl (C=O) groups excluding carboxylic acids is 1. The number of Topliss-reactive ketones (excluding diaryl/α,β-unsaturated/α-hetero) is 1. The van der Waals surface area contributed by atoms with Crippen LogP contribution >= 0.6 is 0 Å². The molecular formula is C11H13NO6S. The van der Waals surface area contributed by atoms with Crippen LogP contribution in [0.25, 0.3) is 0 Å². The van der Waals surface area contributed by atoms with Gasteiger partial charge in [-0.1, -0.05) is 12.1 Å². The Morgan fingerprint density at radius 2 is 1.79 bits per heavy atom. The number of aliphatic hydroxyl groups excluding tert-OH is 1. The number of ketones is 1. The van der Waals surface area contributed by atoms with Crippen LogP contribution in [0.4, 0.5) is 0 Å². The van der Waals surface area contributed by atoms with Crippen molar-refractivity contribution in [1.82, 2.24) is 4.72 Å². The van der Waals surface area contributed by atoms with Gasteiger partial charge in [0.1, 0.15) is 6.04 Å². The summed E-state index contributed by atoms with van der Waals surface area (Å²) in [5.41, 5.74) is 0.343. The number of benzene rings is 1. The molecule has 7 nitrogen and oxygen atoms in total. The van der Waals surface area contributed by atoms with Gasteiger partial charge in [0.25, 0.3) is 0 Å². The molecule has 1 rings (SSSR count). The Labute approximate surface area is 109 Å². The highest BCUT2D eigenvalue weighted by molar-refractivity contribution is 7.89. The first-order chi connectivity index (χ1) is 8.77. The van der Waals surface area contributed by atoms with E-state index >= 15 is 0 Å². The molecule has 0 aromatic heterocycles. The smallest absolute Gasteiger partial charge is 0.324 e. The molecule has 0 amide bonds. The number of sulfonamides is 1. The van der Waals surface area contributed by atoms with Crippen molar-refractivity contribution in [2.75, 3.05) is 6.61 Å². The molecule has 0 unspecified atom stereocenters. The number of carbonyl (C=O) groups is 2. The van der Waals surface area contributed by atoms with E-state index in [9.17, 15) is 18.0 Å². The van der Waals surface area contributed by atoms with Gasteiger partial charge in [-0.3, -0.25) is 9.59 Å². The summed E-state index contributed by atoms with van der Waals surface area (Å²) >= 11 is 0. The summed E-state index contributed by atoms with van der Waals surface area (Å²) in [5.74, 6) is -1.69. The maximum Gasteiger partial charge on any atom is 0.324 e. The molecular weight excluding hydrogens is 274 g/mol. The van der Waals surface area contributed by atoms with E-state index in [4.69, 9.17) is 10.2 Å². The average molecular weight is 287 g/mol. The van der Waals surface area contributed by atoms with Gasteiger partial charge in [0.15, 0.2) is 5.78 Å². The van der Waals surface area contributed by atoms with Gasteiger partial charge in [-0.15, -0.1) is 0 Å². The van der Waals surface area contributed by atoms with Crippen LogP contribution in [0.1, 0.15) is 17.3 Å². The van der Waals surface area contributed by atoms with Crippen molar-refractivity contribution in [3.63, 3.8) is 0 Å². The standard InChI is InChI=1S/C11H13NO6S/c1-7(14)8-2-4-9(5-3-8)19(17,18)12-10(6-13)11(15)16/h2-5,10,12-13H,6H2,1H3,(H,15,16)/t10-/m0/s1. The minimum atomic E-state index is -4.06. The molecule has 0 fully saturated rings. The lowest BCUT2D eigenvalue weighted by Crippen LogP contribution is -2.43. The molecule has 0 saturated heterocycles. The first-order valence-corrected chi connectivity index (χ1v) is 6.73. The van der Waals surface area contributed by atoms with Crippen molar-refractivity contribution < 1.29 is 28.2 Å². The number of carboxylic acids is 1. The monoisotopic (exact) mass is 287 g/mol. The Morgan fingerprint density at radius 3 is 2.16 bits per heavy atom. The fraction of sp³-hybridized carbons (Fsp3) is 0.273. The molecule has 0 aliphatic heterocycles. The summed E-state index contributed by atoms with van der Waals surface area (Å²) in [6.07, 6.45) is 0. The third-order valence-corrected chi connectivity index (χ3v) is 3.84. The third kappa shape index (κ3) is 3.85. The first-order valence-electron chi connectivity index (χ1n) is 5.25. The zero-order valence-corrected chi connectivity index (χ0v) is 10.8. The lowest BCUT2D eigenvalue weighted by molar-refractivity contribution is -0.139. The Kier molecular flexibility index (Phi) is 4.76. The topological polar surface area (TPSA) is 121 Å². The summed E-state index contributed by atoms with van der Waals surface area (Å²) in [6.45, 7) is 0.480. The quantitative estimate of drug-likeness (QED) is 0.613. The summed E-state index contributed by atoms with van der Waals surface area (Å²) < 4.78 is 25.5. The van der Waals surface area contributed by atoms with Gasteiger partial charge in [0, 0.05) is 5.56 Å². The van der Waals surface area contributed by atoms with Gasteiger partial charge in [0.05, 0.1) is 11.5 Å². The van der Waals surface area contributed by atoms with Crippen molar-refractivity contribution in [1.29, 1.82) is 0 Å². The van der Waals surface area contributed by atoms with Crippen LogP contribution in [0.2, 0.25) is 0 Å². The van der Waals surface area contributed by atoms with Crippen LogP contribution in [0.3, 0.4) is 0 Å². The fourth-order valence-corrected chi connectivity index (χ4v) is 2.47. The molecule has 0 heterocycles. The van der Waals surface area contributed by atoms with Gasteiger partial charge >= 0.3 is 5.97 Å². The second kappa shape index (κ2) is 5.91. The molecule has 19 heavy (non-hydrogen) atoms. The normalized spacial score (nSPS) is 12.9. The summed E-state index contributed by atoms with van der Waals surface area (Å²) in [6, 6.07) is 3.42. The van der Waals surface area contributed by atoms with Crippen LogP contribution in [-0.2, 0) is 14.8 Å². The van der Waals surface area contributed by atoms with E-state index in [1.165, 1.54) is 31.2 Å². The van der Waals surface area contributed by atoms with Gasteiger partial charge in [-0.25, -0.2) is 8.42 Å². The molecule has 0 spiro atoms. The molecule has 0 aliphatic rings. The molecule has 8 heteroatoms. The first kappa shape index (κ1) is 15.3. The molecule has 0 radical (unpaired) electrons. The highest BCUT2D eigenvalue weighted by Crippen LogP contribution is 2.11.